The van der Waals surface area contributed by atoms with Crippen molar-refractivity contribution in [2.24, 2.45) is 0 Å². The SMILES string of the molecule is CCNc1nc(CSC2CCCCC2)nc(C(C)C)c1Br. The molecule has 1 aromatic rings. The van der Waals surface area contributed by atoms with Crippen molar-refractivity contribution in [1.29, 1.82) is 0 Å². The topological polar surface area (TPSA) is 37.8 Å². The van der Waals surface area contributed by atoms with E-state index < -0.39 is 0 Å². The predicted octanol–water partition coefficient (Wildman–Crippen LogP) is 5.36. The first-order chi connectivity index (χ1) is 10.1. The third-order valence-corrected chi connectivity index (χ3v) is 5.96. The van der Waals surface area contributed by atoms with E-state index in [0.29, 0.717) is 5.92 Å². The third kappa shape index (κ3) is 4.85. The molecule has 1 aliphatic carbocycles. The second kappa shape index (κ2) is 8.37. The Morgan fingerprint density at radius 2 is 1.95 bits per heavy atom. The number of anilines is 1. The third-order valence-electron chi connectivity index (χ3n) is 3.81. The van der Waals surface area contributed by atoms with E-state index in [1.807, 2.05) is 11.8 Å². The van der Waals surface area contributed by atoms with Crippen LogP contribution in [0.3, 0.4) is 0 Å². The maximum atomic E-state index is 4.78. The summed E-state index contributed by atoms with van der Waals surface area (Å²) in [5.41, 5.74) is 1.11. The monoisotopic (exact) mass is 371 g/mol. The summed E-state index contributed by atoms with van der Waals surface area (Å²) in [5, 5.41) is 4.14. The maximum absolute atomic E-state index is 4.78. The largest absolute Gasteiger partial charge is 0.369 e. The summed E-state index contributed by atoms with van der Waals surface area (Å²) in [7, 11) is 0. The molecule has 0 unspecified atom stereocenters. The van der Waals surface area contributed by atoms with Crippen LogP contribution in [0.25, 0.3) is 0 Å². The van der Waals surface area contributed by atoms with Crippen molar-refractivity contribution in [2.45, 2.75) is 69.8 Å². The highest BCUT2D eigenvalue weighted by atomic mass is 79.9. The first kappa shape index (κ1) is 17.1. The fourth-order valence-electron chi connectivity index (χ4n) is 2.67. The highest BCUT2D eigenvalue weighted by Gasteiger charge is 2.17. The second-order valence-electron chi connectivity index (χ2n) is 5.94. The van der Waals surface area contributed by atoms with Gasteiger partial charge in [-0.2, -0.15) is 11.8 Å². The molecule has 1 heterocycles. The lowest BCUT2D eigenvalue weighted by molar-refractivity contribution is 0.516. The van der Waals surface area contributed by atoms with E-state index in [1.54, 1.807) is 0 Å². The van der Waals surface area contributed by atoms with Crippen LogP contribution < -0.4 is 5.32 Å². The van der Waals surface area contributed by atoms with Gasteiger partial charge in [-0.25, -0.2) is 9.97 Å². The molecule has 1 aromatic heterocycles. The number of hydrogen-bond acceptors (Lipinski definition) is 4. The van der Waals surface area contributed by atoms with Gasteiger partial charge in [0, 0.05) is 11.8 Å². The number of thioether (sulfide) groups is 1. The standard InChI is InChI=1S/C16H26BrN3S/c1-4-18-16-14(17)15(11(2)3)19-13(20-16)10-21-12-8-6-5-7-9-12/h11-12H,4-10H2,1-3H3,(H,18,19,20). The molecule has 1 fully saturated rings. The van der Waals surface area contributed by atoms with E-state index >= 15 is 0 Å². The minimum absolute atomic E-state index is 0.401. The summed E-state index contributed by atoms with van der Waals surface area (Å²) < 4.78 is 1.02. The Balaban J connectivity index is 2.10. The molecule has 0 aliphatic heterocycles. The first-order valence-electron chi connectivity index (χ1n) is 8.03. The van der Waals surface area contributed by atoms with Crippen molar-refractivity contribution in [3.63, 3.8) is 0 Å². The molecule has 0 spiro atoms. The molecule has 1 saturated carbocycles. The molecule has 1 aliphatic rings. The zero-order chi connectivity index (χ0) is 15.2. The molecule has 118 valence electrons. The van der Waals surface area contributed by atoms with Crippen LogP contribution in [0.2, 0.25) is 0 Å². The van der Waals surface area contributed by atoms with Gasteiger partial charge in [-0.15, -0.1) is 0 Å². The lowest BCUT2D eigenvalue weighted by atomic mass is 10.0. The molecular formula is C16H26BrN3S. The van der Waals surface area contributed by atoms with Gasteiger partial charge in [0.2, 0.25) is 0 Å². The molecule has 0 bridgehead atoms. The van der Waals surface area contributed by atoms with Gasteiger partial charge in [-0.1, -0.05) is 33.1 Å². The Labute approximate surface area is 141 Å². The van der Waals surface area contributed by atoms with E-state index in [4.69, 9.17) is 9.97 Å². The molecule has 2 rings (SSSR count). The number of nitrogens with zero attached hydrogens (tertiary/aromatic N) is 2. The van der Waals surface area contributed by atoms with Gasteiger partial charge in [-0.3, -0.25) is 0 Å². The minimum atomic E-state index is 0.401. The zero-order valence-corrected chi connectivity index (χ0v) is 15.7. The van der Waals surface area contributed by atoms with Crippen molar-refractivity contribution in [1.82, 2.24) is 9.97 Å². The molecule has 21 heavy (non-hydrogen) atoms. The van der Waals surface area contributed by atoms with Gasteiger partial charge in [0.25, 0.3) is 0 Å². The van der Waals surface area contributed by atoms with Crippen LogP contribution in [0.1, 0.15) is 70.3 Å². The minimum Gasteiger partial charge on any atom is -0.369 e. The predicted molar refractivity (Wildman–Crippen MR) is 96.2 cm³/mol. The Hall–Kier alpha value is -0.290. The number of rotatable bonds is 6. The molecule has 0 amide bonds. The molecule has 0 saturated heterocycles. The smallest absolute Gasteiger partial charge is 0.144 e. The highest BCUT2D eigenvalue weighted by Crippen LogP contribution is 2.32. The van der Waals surface area contributed by atoms with E-state index in [-0.39, 0.29) is 0 Å². The van der Waals surface area contributed by atoms with Gasteiger partial charge in [0.05, 0.1) is 15.9 Å². The number of hydrogen-bond donors (Lipinski definition) is 1. The maximum Gasteiger partial charge on any atom is 0.144 e. The number of aromatic nitrogens is 2. The summed E-state index contributed by atoms with van der Waals surface area (Å²) >= 11 is 5.69. The Morgan fingerprint density at radius 3 is 2.57 bits per heavy atom. The van der Waals surface area contributed by atoms with Crippen molar-refractivity contribution < 1.29 is 0 Å². The average molecular weight is 372 g/mol. The second-order valence-corrected chi connectivity index (χ2v) is 8.03. The number of nitrogens with one attached hydrogen (secondary N) is 1. The van der Waals surface area contributed by atoms with Crippen LogP contribution in [0.4, 0.5) is 5.82 Å². The van der Waals surface area contributed by atoms with E-state index in [0.717, 1.165) is 39.4 Å². The summed E-state index contributed by atoms with van der Waals surface area (Å²) in [4.78, 5) is 9.48. The van der Waals surface area contributed by atoms with Crippen molar-refractivity contribution >= 4 is 33.5 Å². The van der Waals surface area contributed by atoms with Crippen LogP contribution in [0.5, 0.6) is 0 Å². The summed E-state index contributed by atoms with van der Waals surface area (Å²) in [5.74, 6) is 3.23. The average Bonchev–Trinajstić information content (AvgIpc) is 2.49. The molecular weight excluding hydrogens is 346 g/mol. The van der Waals surface area contributed by atoms with Gasteiger partial charge < -0.3 is 5.32 Å². The molecule has 0 aromatic carbocycles. The van der Waals surface area contributed by atoms with Crippen molar-refractivity contribution in [2.75, 3.05) is 11.9 Å². The van der Waals surface area contributed by atoms with Crippen LogP contribution in [-0.4, -0.2) is 21.8 Å². The summed E-state index contributed by atoms with van der Waals surface area (Å²) in [6, 6.07) is 0. The molecule has 5 heteroatoms. The quantitative estimate of drug-likeness (QED) is 0.729. The van der Waals surface area contributed by atoms with E-state index in [1.165, 1.54) is 32.1 Å². The lowest BCUT2D eigenvalue weighted by Gasteiger charge is -2.21. The van der Waals surface area contributed by atoms with Crippen molar-refractivity contribution in [3.8, 4) is 0 Å². The zero-order valence-electron chi connectivity index (χ0n) is 13.3. The van der Waals surface area contributed by atoms with Crippen LogP contribution >= 0.6 is 27.7 Å². The molecule has 1 N–H and O–H groups in total. The fourth-order valence-corrected chi connectivity index (χ4v) is 4.62. The lowest BCUT2D eigenvalue weighted by Crippen LogP contribution is -2.11. The van der Waals surface area contributed by atoms with Crippen molar-refractivity contribution in [3.05, 3.63) is 16.0 Å². The van der Waals surface area contributed by atoms with E-state index in [2.05, 4.69) is 42.0 Å². The normalized spacial score (nSPS) is 16.4. The van der Waals surface area contributed by atoms with Gasteiger partial charge in [0.1, 0.15) is 11.6 Å². The van der Waals surface area contributed by atoms with Crippen LogP contribution in [-0.2, 0) is 5.75 Å². The summed E-state index contributed by atoms with van der Waals surface area (Å²) in [6.07, 6.45) is 6.90. The Bertz CT molecular complexity index is 459. The molecule has 0 radical (unpaired) electrons. The van der Waals surface area contributed by atoms with Gasteiger partial charge >= 0.3 is 0 Å². The van der Waals surface area contributed by atoms with Crippen LogP contribution in [0, 0.1) is 0 Å². The molecule has 0 atom stereocenters. The first-order valence-corrected chi connectivity index (χ1v) is 9.87. The van der Waals surface area contributed by atoms with Gasteiger partial charge in [0.15, 0.2) is 0 Å². The Morgan fingerprint density at radius 1 is 1.24 bits per heavy atom. The Kier molecular flexibility index (Phi) is 6.80. The van der Waals surface area contributed by atoms with Crippen LogP contribution in [0.15, 0.2) is 4.47 Å². The summed E-state index contributed by atoms with van der Waals surface area (Å²) in [6.45, 7) is 7.34. The van der Waals surface area contributed by atoms with Gasteiger partial charge in [-0.05, 0) is 41.6 Å². The fraction of sp³-hybridized carbons (Fsp3) is 0.750. The number of halogens is 1. The highest BCUT2D eigenvalue weighted by molar-refractivity contribution is 9.10. The molecule has 3 nitrogen and oxygen atoms in total. The van der Waals surface area contributed by atoms with E-state index in [9.17, 15) is 0 Å².